The lowest BCUT2D eigenvalue weighted by Crippen LogP contribution is -2.51. The molecule has 11 heteroatoms. The van der Waals surface area contributed by atoms with Crippen LogP contribution in [0.5, 0.6) is 17.2 Å². The lowest BCUT2D eigenvalue weighted by atomic mass is 10.1. The number of hydrogen-bond donors (Lipinski definition) is 1. The van der Waals surface area contributed by atoms with Crippen LogP contribution < -0.4 is 23.8 Å². The molecular weight excluding hydrogens is 534 g/mol. The molecular formula is C29H33N3O7S. The van der Waals surface area contributed by atoms with Gasteiger partial charge in [-0.25, -0.2) is 8.42 Å². The number of fused-ring (bicyclic) bond motifs is 1. The van der Waals surface area contributed by atoms with Gasteiger partial charge in [-0.1, -0.05) is 37.3 Å². The van der Waals surface area contributed by atoms with Crippen LogP contribution in [0.15, 0.2) is 77.7 Å². The van der Waals surface area contributed by atoms with Crippen molar-refractivity contribution in [2.45, 2.75) is 30.8 Å². The van der Waals surface area contributed by atoms with Crippen LogP contribution in [-0.4, -0.2) is 65.1 Å². The molecule has 0 bridgehead atoms. The molecule has 1 atom stereocenters. The Morgan fingerprint density at radius 3 is 2.27 bits per heavy atom. The standard InChI is InChI=1S/C29H33N3O7S/c1-4-25(29(34)30-2)31(19-21-10-13-23(37-3)14-11-21)28(33)20-32(40(35,36)24-8-6-5-7-9-24)22-12-15-26-27(18-22)39-17-16-38-26/h5-15,18,25H,4,16-17,19-20H2,1-3H3,(H,30,34)/t25-/m0/s1. The minimum absolute atomic E-state index is 0.0257. The van der Waals surface area contributed by atoms with Crippen molar-refractivity contribution in [2.24, 2.45) is 0 Å². The molecule has 0 saturated heterocycles. The largest absolute Gasteiger partial charge is 0.497 e. The summed E-state index contributed by atoms with van der Waals surface area (Å²) in [7, 11) is -1.12. The first-order chi connectivity index (χ1) is 19.3. The van der Waals surface area contributed by atoms with E-state index in [1.165, 1.54) is 24.1 Å². The average Bonchev–Trinajstić information content (AvgIpc) is 2.99. The molecule has 212 valence electrons. The molecule has 40 heavy (non-hydrogen) atoms. The predicted molar refractivity (Wildman–Crippen MR) is 150 cm³/mol. The number of rotatable bonds is 11. The van der Waals surface area contributed by atoms with Gasteiger partial charge in [-0.05, 0) is 48.4 Å². The Kier molecular flexibility index (Phi) is 9.15. The molecule has 0 saturated carbocycles. The van der Waals surface area contributed by atoms with E-state index >= 15 is 0 Å². The molecule has 3 aromatic carbocycles. The predicted octanol–water partition coefficient (Wildman–Crippen LogP) is 3.22. The van der Waals surface area contributed by atoms with E-state index in [2.05, 4.69) is 5.32 Å². The fourth-order valence-corrected chi connectivity index (χ4v) is 5.88. The van der Waals surface area contributed by atoms with E-state index in [0.29, 0.717) is 36.9 Å². The number of benzene rings is 3. The molecule has 1 N–H and O–H groups in total. The maximum Gasteiger partial charge on any atom is 0.264 e. The molecule has 3 aromatic rings. The van der Waals surface area contributed by atoms with Gasteiger partial charge < -0.3 is 24.4 Å². The molecule has 1 aliphatic heterocycles. The number of anilines is 1. The summed E-state index contributed by atoms with van der Waals surface area (Å²) in [4.78, 5) is 28.3. The van der Waals surface area contributed by atoms with Crippen LogP contribution in [0.2, 0.25) is 0 Å². The summed E-state index contributed by atoms with van der Waals surface area (Å²) in [6, 6.07) is 18.9. The van der Waals surface area contributed by atoms with Crippen LogP contribution in [0, 0.1) is 0 Å². The van der Waals surface area contributed by atoms with Crippen LogP contribution in [0.3, 0.4) is 0 Å². The van der Waals surface area contributed by atoms with Crippen molar-refractivity contribution >= 4 is 27.5 Å². The van der Waals surface area contributed by atoms with Gasteiger partial charge in [-0.3, -0.25) is 13.9 Å². The van der Waals surface area contributed by atoms with Gasteiger partial charge in [0.2, 0.25) is 11.8 Å². The van der Waals surface area contributed by atoms with Gasteiger partial charge in [0, 0.05) is 19.7 Å². The molecule has 0 aromatic heterocycles. The SMILES string of the molecule is CC[C@@H](C(=O)NC)N(Cc1ccc(OC)cc1)C(=O)CN(c1ccc2c(c1)OCCO2)S(=O)(=O)c1ccccc1. The van der Waals surface area contributed by atoms with Crippen LogP contribution >= 0.6 is 0 Å². The van der Waals surface area contributed by atoms with Crippen LogP contribution in [-0.2, 0) is 26.2 Å². The molecule has 0 fully saturated rings. The van der Waals surface area contributed by atoms with Gasteiger partial charge in [-0.2, -0.15) is 0 Å². The van der Waals surface area contributed by atoms with Crippen LogP contribution in [0.1, 0.15) is 18.9 Å². The van der Waals surface area contributed by atoms with Crippen molar-refractivity contribution in [3.05, 3.63) is 78.4 Å². The normalized spacial score (nSPS) is 13.2. The van der Waals surface area contributed by atoms with Gasteiger partial charge in [0.05, 0.1) is 17.7 Å². The Balaban J connectivity index is 1.74. The molecule has 4 rings (SSSR count). The zero-order chi connectivity index (χ0) is 28.7. The molecule has 0 radical (unpaired) electrons. The number of carbonyl (C=O) groups is 2. The number of hydrogen-bond acceptors (Lipinski definition) is 7. The van der Waals surface area contributed by atoms with E-state index in [4.69, 9.17) is 14.2 Å². The van der Waals surface area contributed by atoms with E-state index in [0.717, 1.165) is 9.87 Å². The third kappa shape index (κ3) is 6.31. The van der Waals surface area contributed by atoms with Crippen molar-refractivity contribution in [1.29, 1.82) is 0 Å². The number of carbonyl (C=O) groups excluding carboxylic acids is 2. The summed E-state index contributed by atoms with van der Waals surface area (Å²) < 4.78 is 45.4. The summed E-state index contributed by atoms with van der Waals surface area (Å²) in [5, 5.41) is 2.62. The highest BCUT2D eigenvalue weighted by Gasteiger charge is 2.34. The molecule has 0 aliphatic carbocycles. The molecule has 10 nitrogen and oxygen atoms in total. The Labute approximate surface area is 234 Å². The number of likely N-dealkylation sites (N-methyl/N-ethyl adjacent to an activating group) is 1. The number of sulfonamides is 1. The first-order valence-electron chi connectivity index (χ1n) is 12.9. The fraction of sp³-hybridized carbons (Fsp3) is 0.310. The lowest BCUT2D eigenvalue weighted by molar-refractivity contribution is -0.140. The van der Waals surface area contributed by atoms with Gasteiger partial charge in [0.25, 0.3) is 10.0 Å². The Hall–Kier alpha value is -4.25. The van der Waals surface area contributed by atoms with Gasteiger partial charge in [-0.15, -0.1) is 0 Å². The summed E-state index contributed by atoms with van der Waals surface area (Å²) in [6.45, 7) is 2.05. The van der Waals surface area contributed by atoms with E-state index in [1.807, 2.05) is 0 Å². The second-order valence-electron chi connectivity index (χ2n) is 9.06. The number of ether oxygens (including phenoxy) is 3. The molecule has 0 spiro atoms. The second kappa shape index (κ2) is 12.7. The Morgan fingerprint density at radius 1 is 0.975 bits per heavy atom. The van der Waals surface area contributed by atoms with E-state index in [9.17, 15) is 18.0 Å². The average molecular weight is 568 g/mol. The Morgan fingerprint density at radius 2 is 1.65 bits per heavy atom. The molecule has 2 amide bonds. The maximum atomic E-state index is 14.0. The third-order valence-corrected chi connectivity index (χ3v) is 8.36. The summed E-state index contributed by atoms with van der Waals surface area (Å²) >= 11 is 0. The number of amides is 2. The highest BCUT2D eigenvalue weighted by molar-refractivity contribution is 7.92. The zero-order valence-electron chi connectivity index (χ0n) is 22.7. The Bertz CT molecular complexity index is 1430. The highest BCUT2D eigenvalue weighted by atomic mass is 32.2. The zero-order valence-corrected chi connectivity index (χ0v) is 23.5. The van der Waals surface area contributed by atoms with Crippen molar-refractivity contribution in [1.82, 2.24) is 10.2 Å². The number of nitrogens with zero attached hydrogens (tertiary/aromatic N) is 2. The molecule has 1 heterocycles. The lowest BCUT2D eigenvalue weighted by Gasteiger charge is -2.33. The van der Waals surface area contributed by atoms with Crippen molar-refractivity contribution in [3.8, 4) is 17.2 Å². The molecule has 0 unspecified atom stereocenters. The smallest absolute Gasteiger partial charge is 0.264 e. The summed E-state index contributed by atoms with van der Waals surface area (Å²) in [5.41, 5.74) is 0.993. The van der Waals surface area contributed by atoms with Crippen molar-refractivity contribution < 1.29 is 32.2 Å². The van der Waals surface area contributed by atoms with E-state index in [1.54, 1.807) is 74.7 Å². The van der Waals surface area contributed by atoms with E-state index < -0.39 is 28.5 Å². The summed E-state index contributed by atoms with van der Waals surface area (Å²) in [6.07, 6.45) is 0.330. The maximum absolute atomic E-state index is 14.0. The molecule has 1 aliphatic rings. The van der Waals surface area contributed by atoms with Crippen LogP contribution in [0.4, 0.5) is 5.69 Å². The number of methoxy groups -OCH3 is 1. The quantitative estimate of drug-likeness (QED) is 0.378. The third-order valence-electron chi connectivity index (χ3n) is 6.57. The first-order valence-corrected chi connectivity index (χ1v) is 14.3. The van der Waals surface area contributed by atoms with Crippen molar-refractivity contribution in [3.63, 3.8) is 0 Å². The summed E-state index contributed by atoms with van der Waals surface area (Å²) in [5.74, 6) is 0.641. The minimum atomic E-state index is -4.18. The fourth-order valence-electron chi connectivity index (χ4n) is 4.45. The monoisotopic (exact) mass is 567 g/mol. The van der Waals surface area contributed by atoms with Gasteiger partial charge in [0.1, 0.15) is 31.5 Å². The highest BCUT2D eigenvalue weighted by Crippen LogP contribution is 2.36. The first kappa shape index (κ1) is 28.8. The van der Waals surface area contributed by atoms with Gasteiger partial charge in [0.15, 0.2) is 11.5 Å². The van der Waals surface area contributed by atoms with Crippen LogP contribution in [0.25, 0.3) is 0 Å². The van der Waals surface area contributed by atoms with Crippen molar-refractivity contribution in [2.75, 3.05) is 38.2 Å². The topological polar surface area (TPSA) is 114 Å². The second-order valence-corrected chi connectivity index (χ2v) is 10.9. The minimum Gasteiger partial charge on any atom is -0.497 e. The van der Waals surface area contributed by atoms with E-state index in [-0.39, 0.29) is 23.0 Å². The van der Waals surface area contributed by atoms with Gasteiger partial charge >= 0.3 is 0 Å². The number of nitrogens with one attached hydrogen (secondary N) is 1.